The minimum Gasteiger partial charge on any atom is -0.478 e. The quantitative estimate of drug-likeness (QED) is 0.744. The van der Waals surface area contributed by atoms with E-state index in [1.165, 1.54) is 12.3 Å². The second kappa shape index (κ2) is 5.50. The van der Waals surface area contributed by atoms with Crippen molar-refractivity contribution in [3.8, 4) is 0 Å². The number of para-hydroxylation sites is 1. The number of fused-ring (bicyclic) bond motifs is 1. The summed E-state index contributed by atoms with van der Waals surface area (Å²) in [7, 11) is 0. The fraction of sp³-hybridized carbons (Fsp3) is 0. The van der Waals surface area contributed by atoms with Crippen molar-refractivity contribution in [3.63, 3.8) is 0 Å². The summed E-state index contributed by atoms with van der Waals surface area (Å²) < 4.78 is 5.09. The number of carboxylic acids is 1. The van der Waals surface area contributed by atoms with Gasteiger partial charge in [0.05, 0.1) is 11.6 Å². The van der Waals surface area contributed by atoms with E-state index < -0.39 is 5.97 Å². The van der Waals surface area contributed by atoms with Gasteiger partial charge in [-0.2, -0.15) is 0 Å². The van der Waals surface area contributed by atoms with Gasteiger partial charge in [-0.3, -0.25) is 4.79 Å². The molecule has 1 aromatic heterocycles. The standard InChI is InChI=1S/C9H6O2.C3H4O2/c10-8-5-6-11-9-4-2-1-3-7(8)9;1-2-3(4)5/h1-6H;2H,1H2,(H,4,5). The molecule has 1 aromatic carbocycles. The van der Waals surface area contributed by atoms with Crippen LogP contribution in [0.1, 0.15) is 0 Å². The second-order valence-electron chi connectivity index (χ2n) is 2.82. The molecule has 0 fully saturated rings. The van der Waals surface area contributed by atoms with Gasteiger partial charge < -0.3 is 9.52 Å². The van der Waals surface area contributed by atoms with Crippen LogP contribution in [0.15, 0.2) is 58.5 Å². The predicted molar refractivity (Wildman–Crippen MR) is 60.3 cm³/mol. The maximum absolute atomic E-state index is 11.1. The Bertz CT molecular complexity index is 549. The first-order chi connectivity index (χ1) is 7.65. The molecule has 0 aliphatic heterocycles. The molecule has 0 bridgehead atoms. The van der Waals surface area contributed by atoms with E-state index in [1.54, 1.807) is 12.1 Å². The highest BCUT2D eigenvalue weighted by Crippen LogP contribution is 2.06. The lowest BCUT2D eigenvalue weighted by atomic mass is 10.2. The van der Waals surface area contributed by atoms with E-state index in [0.29, 0.717) is 11.0 Å². The highest BCUT2D eigenvalue weighted by molar-refractivity contribution is 5.78. The van der Waals surface area contributed by atoms with Gasteiger partial charge in [0.15, 0.2) is 5.43 Å². The zero-order valence-electron chi connectivity index (χ0n) is 8.42. The van der Waals surface area contributed by atoms with Crippen molar-refractivity contribution in [3.05, 3.63) is 59.5 Å². The summed E-state index contributed by atoms with van der Waals surface area (Å²) in [6.07, 6.45) is 2.24. The molecule has 0 aliphatic rings. The Kier molecular flexibility index (Phi) is 4.03. The highest BCUT2D eigenvalue weighted by Gasteiger charge is 1.95. The Morgan fingerprint density at radius 2 is 1.94 bits per heavy atom. The first-order valence-corrected chi connectivity index (χ1v) is 4.47. The fourth-order valence-corrected chi connectivity index (χ4v) is 1.03. The summed E-state index contributed by atoms with van der Waals surface area (Å²) >= 11 is 0. The molecule has 1 N–H and O–H groups in total. The lowest BCUT2D eigenvalue weighted by Gasteiger charge is -1.91. The third-order valence-electron chi connectivity index (χ3n) is 1.74. The van der Waals surface area contributed by atoms with Crippen LogP contribution in [-0.2, 0) is 4.79 Å². The van der Waals surface area contributed by atoms with Gasteiger partial charge in [0.25, 0.3) is 0 Å². The van der Waals surface area contributed by atoms with Gasteiger partial charge in [0, 0.05) is 12.1 Å². The van der Waals surface area contributed by atoms with Crippen LogP contribution < -0.4 is 5.43 Å². The molecule has 0 aliphatic carbocycles. The number of aliphatic carboxylic acids is 1. The van der Waals surface area contributed by atoms with Crippen molar-refractivity contribution >= 4 is 16.9 Å². The zero-order chi connectivity index (χ0) is 12.0. The van der Waals surface area contributed by atoms with Gasteiger partial charge >= 0.3 is 5.97 Å². The van der Waals surface area contributed by atoms with E-state index >= 15 is 0 Å². The molecule has 0 atom stereocenters. The van der Waals surface area contributed by atoms with E-state index in [0.717, 1.165) is 6.08 Å². The maximum Gasteiger partial charge on any atom is 0.327 e. The summed E-state index contributed by atoms with van der Waals surface area (Å²) in [6, 6.07) is 8.60. The van der Waals surface area contributed by atoms with Crippen LogP contribution in [0.2, 0.25) is 0 Å². The molecule has 0 radical (unpaired) electrons. The molecule has 4 heteroatoms. The van der Waals surface area contributed by atoms with Gasteiger partial charge in [0.2, 0.25) is 0 Å². The van der Waals surface area contributed by atoms with Crippen molar-refractivity contribution in [1.82, 2.24) is 0 Å². The molecule has 16 heavy (non-hydrogen) atoms. The molecule has 82 valence electrons. The Labute approximate surface area is 91.4 Å². The van der Waals surface area contributed by atoms with E-state index in [1.807, 2.05) is 12.1 Å². The number of benzene rings is 1. The average Bonchev–Trinajstić information content (AvgIpc) is 2.30. The van der Waals surface area contributed by atoms with Crippen LogP contribution in [-0.4, -0.2) is 11.1 Å². The second-order valence-corrected chi connectivity index (χ2v) is 2.82. The van der Waals surface area contributed by atoms with Gasteiger partial charge in [-0.05, 0) is 12.1 Å². The van der Waals surface area contributed by atoms with E-state index in [4.69, 9.17) is 9.52 Å². The topological polar surface area (TPSA) is 67.5 Å². The molecule has 2 aromatic rings. The lowest BCUT2D eigenvalue weighted by molar-refractivity contribution is -0.131. The van der Waals surface area contributed by atoms with Crippen molar-refractivity contribution in [1.29, 1.82) is 0 Å². The molecule has 4 nitrogen and oxygen atoms in total. The molecule has 0 spiro atoms. The Hall–Kier alpha value is -2.36. The summed E-state index contributed by atoms with van der Waals surface area (Å²) in [6.45, 7) is 2.96. The predicted octanol–water partition coefficient (Wildman–Crippen LogP) is 2.05. The maximum atomic E-state index is 11.1. The van der Waals surface area contributed by atoms with Gasteiger partial charge in [-0.1, -0.05) is 18.7 Å². The van der Waals surface area contributed by atoms with Gasteiger partial charge in [0.1, 0.15) is 5.58 Å². The summed E-state index contributed by atoms with van der Waals surface area (Å²) in [5.74, 6) is -0.981. The van der Waals surface area contributed by atoms with Crippen LogP contribution in [0, 0.1) is 0 Å². The van der Waals surface area contributed by atoms with Crippen LogP contribution in [0.25, 0.3) is 11.0 Å². The highest BCUT2D eigenvalue weighted by atomic mass is 16.4. The lowest BCUT2D eigenvalue weighted by Crippen LogP contribution is -1.96. The summed E-state index contributed by atoms with van der Waals surface area (Å²) in [5, 5.41) is 8.24. The molecular formula is C12H10O4. The number of hydrogen-bond donors (Lipinski definition) is 1. The largest absolute Gasteiger partial charge is 0.478 e. The van der Waals surface area contributed by atoms with E-state index in [-0.39, 0.29) is 5.43 Å². The van der Waals surface area contributed by atoms with Crippen LogP contribution >= 0.6 is 0 Å². The van der Waals surface area contributed by atoms with Crippen LogP contribution in [0.5, 0.6) is 0 Å². The van der Waals surface area contributed by atoms with Gasteiger partial charge in [-0.15, -0.1) is 0 Å². The van der Waals surface area contributed by atoms with E-state index in [2.05, 4.69) is 6.58 Å². The molecule has 0 saturated carbocycles. The van der Waals surface area contributed by atoms with Gasteiger partial charge in [-0.25, -0.2) is 4.79 Å². The average molecular weight is 218 g/mol. The number of carboxylic acid groups (broad SMARTS) is 1. The minimum atomic E-state index is -0.981. The summed E-state index contributed by atoms with van der Waals surface area (Å²) in [4.78, 5) is 20.4. The number of rotatable bonds is 1. The van der Waals surface area contributed by atoms with Crippen LogP contribution in [0.3, 0.4) is 0 Å². The number of carbonyl (C=O) groups is 1. The first kappa shape index (κ1) is 11.7. The fourth-order valence-electron chi connectivity index (χ4n) is 1.03. The Balaban J connectivity index is 0.000000221. The molecule has 0 saturated heterocycles. The molecule has 0 amide bonds. The summed E-state index contributed by atoms with van der Waals surface area (Å²) in [5.41, 5.74) is 0.645. The third-order valence-corrected chi connectivity index (χ3v) is 1.74. The molecular weight excluding hydrogens is 208 g/mol. The van der Waals surface area contributed by atoms with Crippen molar-refractivity contribution < 1.29 is 14.3 Å². The zero-order valence-corrected chi connectivity index (χ0v) is 8.42. The third kappa shape index (κ3) is 3.09. The Morgan fingerprint density at radius 3 is 2.50 bits per heavy atom. The van der Waals surface area contributed by atoms with Crippen LogP contribution in [0.4, 0.5) is 0 Å². The minimum absolute atomic E-state index is 0.00634. The van der Waals surface area contributed by atoms with Crippen molar-refractivity contribution in [2.45, 2.75) is 0 Å². The van der Waals surface area contributed by atoms with Crippen molar-refractivity contribution in [2.75, 3.05) is 0 Å². The first-order valence-electron chi connectivity index (χ1n) is 4.47. The molecule has 2 rings (SSSR count). The van der Waals surface area contributed by atoms with E-state index in [9.17, 15) is 9.59 Å². The molecule has 1 heterocycles. The smallest absolute Gasteiger partial charge is 0.327 e. The Morgan fingerprint density at radius 1 is 1.31 bits per heavy atom. The van der Waals surface area contributed by atoms with Crippen molar-refractivity contribution in [2.24, 2.45) is 0 Å². The monoisotopic (exact) mass is 218 g/mol. The number of hydrogen-bond acceptors (Lipinski definition) is 3. The molecule has 0 unspecified atom stereocenters. The normalized spacial score (nSPS) is 9.00. The SMILES string of the molecule is C=CC(=O)O.O=c1ccoc2ccccc12.